The van der Waals surface area contributed by atoms with E-state index in [1.54, 1.807) is 6.92 Å². The zero-order chi connectivity index (χ0) is 14.3. The van der Waals surface area contributed by atoms with Crippen molar-refractivity contribution in [2.75, 3.05) is 37.7 Å². The molecule has 1 aliphatic heterocycles. The summed E-state index contributed by atoms with van der Waals surface area (Å²) >= 11 is 0. The van der Waals surface area contributed by atoms with Gasteiger partial charge in [0.15, 0.2) is 9.84 Å². The van der Waals surface area contributed by atoms with Crippen LogP contribution in [0, 0.1) is 5.92 Å². The van der Waals surface area contributed by atoms with Crippen LogP contribution in [0.5, 0.6) is 0 Å². The number of nitrogens with one attached hydrogen (secondary N) is 1. The lowest BCUT2D eigenvalue weighted by Crippen LogP contribution is -2.37. The van der Waals surface area contributed by atoms with Crippen LogP contribution in [-0.2, 0) is 9.84 Å². The molecule has 1 unspecified atom stereocenters. The molecule has 1 atom stereocenters. The third kappa shape index (κ3) is 7.28. The summed E-state index contributed by atoms with van der Waals surface area (Å²) in [6.45, 7) is 10.5. The Bertz CT molecular complexity index is 335. The predicted molar refractivity (Wildman–Crippen MR) is 81.2 cm³/mol. The molecule has 4 nitrogen and oxygen atoms in total. The third-order valence-electron chi connectivity index (χ3n) is 3.96. The Balaban J connectivity index is 2.07. The van der Waals surface area contributed by atoms with Crippen molar-refractivity contribution in [3.8, 4) is 0 Å². The zero-order valence-electron chi connectivity index (χ0n) is 12.7. The van der Waals surface area contributed by atoms with Crippen LogP contribution in [0.4, 0.5) is 0 Å². The summed E-state index contributed by atoms with van der Waals surface area (Å²) in [6, 6.07) is 0.0614. The smallest absolute Gasteiger partial charge is 0.151 e. The van der Waals surface area contributed by atoms with Gasteiger partial charge in [-0.05, 0) is 58.3 Å². The molecule has 1 saturated heterocycles. The molecular formula is C14H30N2O2S. The largest absolute Gasteiger partial charge is 0.313 e. The van der Waals surface area contributed by atoms with E-state index in [-0.39, 0.29) is 17.5 Å². The number of sulfone groups is 1. The van der Waals surface area contributed by atoms with E-state index in [1.165, 1.54) is 25.9 Å². The van der Waals surface area contributed by atoms with Gasteiger partial charge in [-0.1, -0.05) is 13.8 Å². The molecule has 5 heteroatoms. The average molecular weight is 290 g/mol. The Morgan fingerprint density at radius 3 is 2.53 bits per heavy atom. The van der Waals surface area contributed by atoms with Gasteiger partial charge in [-0.3, -0.25) is 0 Å². The van der Waals surface area contributed by atoms with Crippen molar-refractivity contribution in [1.29, 1.82) is 0 Å². The monoisotopic (exact) mass is 290 g/mol. The molecule has 0 amide bonds. The lowest BCUT2D eigenvalue weighted by atomic mass is 9.99. The fraction of sp³-hybridized carbons (Fsp3) is 1.00. The Morgan fingerprint density at radius 2 is 1.95 bits per heavy atom. The highest BCUT2D eigenvalue weighted by atomic mass is 32.2. The number of likely N-dealkylation sites (tertiary alicyclic amines) is 1. The Hall–Kier alpha value is -0.130. The minimum absolute atomic E-state index is 0.0614. The van der Waals surface area contributed by atoms with Crippen LogP contribution in [0.15, 0.2) is 0 Å². The van der Waals surface area contributed by atoms with E-state index < -0.39 is 9.84 Å². The number of piperidine rings is 1. The summed E-state index contributed by atoms with van der Waals surface area (Å²) < 4.78 is 22.9. The van der Waals surface area contributed by atoms with Crippen molar-refractivity contribution in [2.24, 2.45) is 5.92 Å². The molecule has 1 fully saturated rings. The number of nitrogens with zero attached hydrogens (tertiary/aromatic N) is 1. The second-order valence-electron chi connectivity index (χ2n) is 5.93. The van der Waals surface area contributed by atoms with Crippen LogP contribution < -0.4 is 5.32 Å². The summed E-state index contributed by atoms with van der Waals surface area (Å²) in [5.74, 6) is 1.38. The maximum Gasteiger partial charge on any atom is 0.151 e. The van der Waals surface area contributed by atoms with Crippen LogP contribution in [0.1, 0.15) is 40.0 Å². The van der Waals surface area contributed by atoms with Crippen LogP contribution in [-0.4, -0.2) is 57.0 Å². The standard InChI is InChI=1S/C14H30N2O2S/c1-4-19(17,18)12-14(3)15-8-5-9-16-10-6-13(2)7-11-16/h13-15H,4-12H2,1-3H3. The molecule has 1 aliphatic rings. The highest BCUT2D eigenvalue weighted by Gasteiger charge is 2.15. The second kappa shape index (κ2) is 8.22. The van der Waals surface area contributed by atoms with E-state index in [0.29, 0.717) is 0 Å². The van der Waals surface area contributed by atoms with Crippen molar-refractivity contribution in [2.45, 2.75) is 46.1 Å². The van der Waals surface area contributed by atoms with Gasteiger partial charge in [-0.15, -0.1) is 0 Å². The van der Waals surface area contributed by atoms with Gasteiger partial charge in [0.2, 0.25) is 0 Å². The van der Waals surface area contributed by atoms with E-state index in [4.69, 9.17) is 0 Å². The fourth-order valence-electron chi connectivity index (χ4n) is 2.49. The molecule has 1 heterocycles. The topological polar surface area (TPSA) is 49.4 Å². The SMILES string of the molecule is CCS(=O)(=O)CC(C)NCCCN1CCC(C)CC1. The third-order valence-corrected chi connectivity index (χ3v) is 5.85. The maximum absolute atomic E-state index is 11.5. The minimum Gasteiger partial charge on any atom is -0.313 e. The van der Waals surface area contributed by atoms with Crippen molar-refractivity contribution in [3.05, 3.63) is 0 Å². The molecule has 114 valence electrons. The van der Waals surface area contributed by atoms with Gasteiger partial charge in [0.25, 0.3) is 0 Å². The first kappa shape index (κ1) is 16.9. The number of rotatable bonds is 8. The first-order valence-corrected chi connectivity index (χ1v) is 9.41. The number of hydrogen-bond donors (Lipinski definition) is 1. The molecule has 1 rings (SSSR count). The number of hydrogen-bond acceptors (Lipinski definition) is 4. The van der Waals surface area contributed by atoms with E-state index in [0.717, 1.165) is 25.4 Å². The fourth-order valence-corrected chi connectivity index (χ4v) is 3.61. The Kier molecular flexibility index (Phi) is 7.32. The first-order valence-electron chi connectivity index (χ1n) is 7.59. The maximum atomic E-state index is 11.5. The van der Waals surface area contributed by atoms with Crippen molar-refractivity contribution >= 4 is 9.84 Å². The van der Waals surface area contributed by atoms with Crippen molar-refractivity contribution < 1.29 is 8.42 Å². The van der Waals surface area contributed by atoms with Gasteiger partial charge < -0.3 is 10.2 Å². The lowest BCUT2D eigenvalue weighted by Gasteiger charge is -2.30. The van der Waals surface area contributed by atoms with E-state index in [2.05, 4.69) is 17.1 Å². The molecule has 1 N–H and O–H groups in total. The van der Waals surface area contributed by atoms with Gasteiger partial charge in [0, 0.05) is 11.8 Å². The van der Waals surface area contributed by atoms with E-state index >= 15 is 0 Å². The van der Waals surface area contributed by atoms with Gasteiger partial charge in [-0.2, -0.15) is 0 Å². The highest BCUT2D eigenvalue weighted by Crippen LogP contribution is 2.15. The summed E-state index contributed by atoms with van der Waals surface area (Å²) in [6.07, 6.45) is 3.74. The van der Waals surface area contributed by atoms with Crippen molar-refractivity contribution in [1.82, 2.24) is 10.2 Å². The molecule has 0 aromatic rings. The van der Waals surface area contributed by atoms with Gasteiger partial charge in [-0.25, -0.2) is 8.42 Å². The highest BCUT2D eigenvalue weighted by molar-refractivity contribution is 7.91. The lowest BCUT2D eigenvalue weighted by molar-refractivity contribution is 0.190. The van der Waals surface area contributed by atoms with Crippen LogP contribution in [0.2, 0.25) is 0 Å². The Labute approximate surface area is 118 Å². The molecule has 0 aromatic carbocycles. The molecule has 19 heavy (non-hydrogen) atoms. The molecular weight excluding hydrogens is 260 g/mol. The van der Waals surface area contributed by atoms with Gasteiger partial charge in [0.1, 0.15) is 0 Å². The van der Waals surface area contributed by atoms with Crippen LogP contribution in [0.3, 0.4) is 0 Å². The summed E-state index contributed by atoms with van der Waals surface area (Å²) in [7, 11) is -2.86. The molecule has 0 spiro atoms. The summed E-state index contributed by atoms with van der Waals surface area (Å²) in [4.78, 5) is 2.52. The quantitative estimate of drug-likeness (QED) is 0.689. The predicted octanol–water partition coefficient (Wildman–Crippen LogP) is 1.52. The first-order chi connectivity index (χ1) is 8.93. The van der Waals surface area contributed by atoms with Crippen molar-refractivity contribution in [3.63, 3.8) is 0 Å². The Morgan fingerprint density at radius 1 is 1.32 bits per heavy atom. The van der Waals surface area contributed by atoms with Gasteiger partial charge >= 0.3 is 0 Å². The van der Waals surface area contributed by atoms with E-state index in [9.17, 15) is 8.42 Å². The second-order valence-corrected chi connectivity index (χ2v) is 8.33. The van der Waals surface area contributed by atoms with Crippen LogP contribution in [0.25, 0.3) is 0 Å². The minimum atomic E-state index is -2.86. The zero-order valence-corrected chi connectivity index (χ0v) is 13.5. The summed E-state index contributed by atoms with van der Waals surface area (Å²) in [5, 5.41) is 3.32. The molecule has 0 aliphatic carbocycles. The molecule has 0 saturated carbocycles. The normalized spacial score (nSPS) is 20.6. The van der Waals surface area contributed by atoms with E-state index in [1.807, 2.05) is 6.92 Å². The van der Waals surface area contributed by atoms with Crippen LogP contribution >= 0.6 is 0 Å². The molecule has 0 aromatic heterocycles. The average Bonchev–Trinajstić information content (AvgIpc) is 2.36. The van der Waals surface area contributed by atoms with Gasteiger partial charge in [0.05, 0.1) is 5.75 Å². The molecule has 0 bridgehead atoms. The summed E-state index contributed by atoms with van der Waals surface area (Å²) in [5.41, 5.74) is 0. The molecule has 0 radical (unpaired) electrons.